The molecule has 148 valence electrons. The van der Waals surface area contributed by atoms with Crippen LogP contribution >= 0.6 is 0 Å². The van der Waals surface area contributed by atoms with E-state index in [9.17, 15) is 9.59 Å². The van der Waals surface area contributed by atoms with E-state index < -0.39 is 12.1 Å². The van der Waals surface area contributed by atoms with E-state index in [2.05, 4.69) is 39.8 Å². The summed E-state index contributed by atoms with van der Waals surface area (Å²) in [5.41, 5.74) is 1.32. The van der Waals surface area contributed by atoms with E-state index in [-0.39, 0.29) is 17.9 Å². The number of nitrogens with one attached hydrogen (secondary N) is 2. The molecule has 4 atom stereocenters. The Morgan fingerprint density at radius 1 is 1.19 bits per heavy atom. The number of benzene rings is 1. The van der Waals surface area contributed by atoms with Crippen molar-refractivity contribution in [3.8, 4) is 0 Å². The summed E-state index contributed by atoms with van der Waals surface area (Å²) < 4.78 is 0. The Labute approximate surface area is 161 Å². The fourth-order valence-corrected chi connectivity index (χ4v) is 4.64. The summed E-state index contributed by atoms with van der Waals surface area (Å²) in [6.45, 7) is 7.01. The van der Waals surface area contributed by atoms with Crippen LogP contribution in [0.2, 0.25) is 0 Å². The van der Waals surface area contributed by atoms with E-state index in [1.165, 1.54) is 5.56 Å². The van der Waals surface area contributed by atoms with Gasteiger partial charge in [-0.25, -0.2) is 4.79 Å². The molecule has 27 heavy (non-hydrogen) atoms. The normalized spacial score (nSPS) is 26.0. The summed E-state index contributed by atoms with van der Waals surface area (Å²) in [6.07, 6.45) is 1.48. The number of hydrogen-bond donors (Lipinski definition) is 3. The van der Waals surface area contributed by atoms with Crippen molar-refractivity contribution in [3.05, 3.63) is 35.9 Å². The van der Waals surface area contributed by atoms with Gasteiger partial charge in [-0.05, 0) is 42.6 Å². The maximum atomic E-state index is 12.7. The molecule has 0 spiro atoms. The highest BCUT2D eigenvalue weighted by atomic mass is 16.4. The molecule has 1 aromatic carbocycles. The van der Waals surface area contributed by atoms with E-state index in [4.69, 9.17) is 5.11 Å². The molecular weight excluding hydrogens is 342 g/mol. The van der Waals surface area contributed by atoms with Gasteiger partial charge in [0, 0.05) is 25.7 Å². The van der Waals surface area contributed by atoms with Gasteiger partial charge in [0.1, 0.15) is 6.04 Å². The molecule has 2 fully saturated rings. The maximum absolute atomic E-state index is 12.7. The van der Waals surface area contributed by atoms with Gasteiger partial charge in [0.05, 0.1) is 0 Å². The zero-order valence-electron chi connectivity index (χ0n) is 16.2. The summed E-state index contributed by atoms with van der Waals surface area (Å²) in [7, 11) is 0. The molecule has 3 rings (SSSR count). The molecule has 2 amide bonds. The standard InChI is InChI=1S/C21H31N3O3/c1-14(2)10-19(23-21(26)27)20(25)22-18-9-8-16-12-24(13-17(16)18)11-15-6-4-3-5-7-15/h3-7,14,16-19,23H,8-13H2,1-2H3,(H,22,25)(H,26,27)/t16-,17+,18+,19+/m1/s1. The van der Waals surface area contributed by atoms with E-state index in [1.807, 2.05) is 19.9 Å². The van der Waals surface area contributed by atoms with Crippen molar-refractivity contribution in [1.29, 1.82) is 0 Å². The Kier molecular flexibility index (Phi) is 6.37. The third kappa shape index (κ3) is 5.22. The van der Waals surface area contributed by atoms with Crippen LogP contribution in [0.15, 0.2) is 30.3 Å². The molecule has 0 unspecified atom stereocenters. The van der Waals surface area contributed by atoms with Crippen molar-refractivity contribution in [2.24, 2.45) is 17.8 Å². The number of likely N-dealkylation sites (tertiary alicyclic amines) is 1. The second-order valence-corrected chi connectivity index (χ2v) is 8.43. The van der Waals surface area contributed by atoms with Gasteiger partial charge in [-0.1, -0.05) is 44.2 Å². The number of fused-ring (bicyclic) bond motifs is 1. The first kappa shape index (κ1) is 19.7. The molecule has 1 aromatic rings. The average Bonchev–Trinajstić information content (AvgIpc) is 3.15. The minimum Gasteiger partial charge on any atom is -0.465 e. The van der Waals surface area contributed by atoms with Crippen molar-refractivity contribution in [2.45, 2.75) is 51.7 Å². The number of nitrogens with zero attached hydrogens (tertiary/aromatic N) is 1. The zero-order chi connectivity index (χ0) is 19.4. The van der Waals surface area contributed by atoms with Crippen LogP contribution < -0.4 is 10.6 Å². The number of carbonyl (C=O) groups is 2. The quantitative estimate of drug-likeness (QED) is 0.686. The van der Waals surface area contributed by atoms with E-state index in [0.29, 0.717) is 18.3 Å². The minimum atomic E-state index is -1.14. The first-order valence-corrected chi connectivity index (χ1v) is 9.98. The number of carboxylic acid groups (broad SMARTS) is 1. The molecule has 6 heteroatoms. The summed E-state index contributed by atoms with van der Waals surface area (Å²) in [6, 6.07) is 9.95. The highest BCUT2D eigenvalue weighted by Crippen LogP contribution is 2.38. The summed E-state index contributed by atoms with van der Waals surface area (Å²) >= 11 is 0. The largest absolute Gasteiger partial charge is 0.465 e. The van der Waals surface area contributed by atoms with Gasteiger partial charge in [-0.15, -0.1) is 0 Å². The Morgan fingerprint density at radius 2 is 1.93 bits per heavy atom. The fourth-order valence-electron chi connectivity index (χ4n) is 4.64. The Morgan fingerprint density at radius 3 is 2.59 bits per heavy atom. The molecule has 1 saturated carbocycles. The van der Waals surface area contributed by atoms with Crippen LogP contribution in [0.1, 0.15) is 38.7 Å². The maximum Gasteiger partial charge on any atom is 0.405 e. The Bertz CT molecular complexity index is 649. The molecule has 1 heterocycles. The SMILES string of the molecule is CC(C)C[C@H](NC(=O)O)C(=O)N[C@H]1CC[C@@H]2CN(Cc3ccccc3)C[C@@H]21. The number of rotatable bonds is 7. The van der Waals surface area contributed by atoms with Crippen LogP contribution in [-0.2, 0) is 11.3 Å². The summed E-state index contributed by atoms with van der Waals surface area (Å²) in [4.78, 5) is 26.2. The molecule has 3 N–H and O–H groups in total. The molecule has 0 bridgehead atoms. The second-order valence-electron chi connectivity index (χ2n) is 8.43. The minimum absolute atomic E-state index is 0.147. The van der Waals surface area contributed by atoms with E-state index in [0.717, 1.165) is 32.5 Å². The Hall–Kier alpha value is -2.08. The molecule has 1 aliphatic heterocycles. The molecular formula is C21H31N3O3. The third-order valence-corrected chi connectivity index (χ3v) is 5.83. The van der Waals surface area contributed by atoms with Gasteiger partial charge in [0.15, 0.2) is 0 Å². The van der Waals surface area contributed by atoms with Crippen molar-refractivity contribution >= 4 is 12.0 Å². The topological polar surface area (TPSA) is 81.7 Å². The van der Waals surface area contributed by atoms with Gasteiger partial charge >= 0.3 is 6.09 Å². The van der Waals surface area contributed by atoms with Gasteiger partial charge in [0.2, 0.25) is 5.91 Å². The van der Waals surface area contributed by atoms with Crippen LogP contribution in [0, 0.1) is 17.8 Å². The highest BCUT2D eigenvalue weighted by molar-refractivity contribution is 5.85. The van der Waals surface area contributed by atoms with E-state index >= 15 is 0 Å². The smallest absolute Gasteiger partial charge is 0.405 e. The lowest BCUT2D eigenvalue weighted by Crippen LogP contribution is -2.51. The van der Waals surface area contributed by atoms with E-state index in [1.54, 1.807) is 0 Å². The predicted molar refractivity (Wildman–Crippen MR) is 104 cm³/mol. The first-order chi connectivity index (χ1) is 12.9. The van der Waals surface area contributed by atoms with Crippen LogP contribution in [0.25, 0.3) is 0 Å². The van der Waals surface area contributed by atoms with Crippen molar-refractivity contribution in [3.63, 3.8) is 0 Å². The summed E-state index contributed by atoms with van der Waals surface area (Å²) in [5.74, 6) is 1.15. The van der Waals surface area contributed by atoms with Crippen LogP contribution in [0.5, 0.6) is 0 Å². The fraction of sp³-hybridized carbons (Fsp3) is 0.619. The Balaban J connectivity index is 1.56. The number of amides is 2. The summed E-state index contributed by atoms with van der Waals surface area (Å²) in [5, 5.41) is 14.6. The van der Waals surface area contributed by atoms with Crippen molar-refractivity contribution in [1.82, 2.24) is 15.5 Å². The molecule has 0 aromatic heterocycles. The van der Waals surface area contributed by atoms with Gasteiger partial charge in [0.25, 0.3) is 0 Å². The number of hydrogen-bond acceptors (Lipinski definition) is 3. The monoisotopic (exact) mass is 373 g/mol. The number of carbonyl (C=O) groups excluding carboxylic acids is 1. The van der Waals surface area contributed by atoms with Crippen molar-refractivity contribution in [2.75, 3.05) is 13.1 Å². The highest BCUT2D eigenvalue weighted by Gasteiger charge is 2.43. The molecule has 1 saturated heterocycles. The average molecular weight is 373 g/mol. The molecule has 0 radical (unpaired) electrons. The van der Waals surface area contributed by atoms with Gasteiger partial charge in [-0.2, -0.15) is 0 Å². The molecule has 1 aliphatic carbocycles. The second kappa shape index (κ2) is 8.74. The van der Waals surface area contributed by atoms with Gasteiger partial charge < -0.3 is 15.7 Å². The zero-order valence-corrected chi connectivity index (χ0v) is 16.2. The lowest BCUT2D eigenvalue weighted by atomic mass is 9.97. The van der Waals surface area contributed by atoms with Crippen LogP contribution in [-0.4, -0.2) is 47.2 Å². The molecule has 6 nitrogen and oxygen atoms in total. The lowest BCUT2D eigenvalue weighted by Gasteiger charge is -2.25. The predicted octanol–water partition coefficient (Wildman–Crippen LogP) is 2.70. The van der Waals surface area contributed by atoms with Crippen molar-refractivity contribution < 1.29 is 14.7 Å². The lowest BCUT2D eigenvalue weighted by molar-refractivity contribution is -0.124. The van der Waals surface area contributed by atoms with Gasteiger partial charge in [-0.3, -0.25) is 9.69 Å². The first-order valence-electron chi connectivity index (χ1n) is 9.98. The van der Waals surface area contributed by atoms with Crippen LogP contribution in [0.3, 0.4) is 0 Å². The third-order valence-electron chi connectivity index (χ3n) is 5.83. The molecule has 2 aliphatic rings. The van der Waals surface area contributed by atoms with Crippen LogP contribution in [0.4, 0.5) is 4.79 Å².